The number of hydrogen-bond acceptors (Lipinski definition) is 3. The maximum Gasteiger partial charge on any atom is 0.278 e. The number of halogens is 1. The van der Waals surface area contributed by atoms with Crippen LogP contribution in [-0.4, -0.2) is 22.2 Å². The topological polar surface area (TPSA) is 47.4 Å². The largest absolute Gasteiger partial charge is 0.471 e. The molecule has 138 valence electrons. The number of hydrogen-bond donors (Lipinski definition) is 0. The Morgan fingerprint density at radius 2 is 2.07 bits per heavy atom. The normalized spacial score (nSPS) is 13.3. The molecular weight excluding hydrogens is 362 g/mol. The fraction of sp³-hybridized carbons (Fsp3) is 0.238. The number of rotatable bonds is 4. The van der Waals surface area contributed by atoms with Crippen LogP contribution in [0.2, 0.25) is 5.02 Å². The molecule has 0 spiro atoms. The van der Waals surface area contributed by atoms with Crippen LogP contribution >= 0.6 is 11.6 Å². The van der Waals surface area contributed by atoms with E-state index in [2.05, 4.69) is 11.2 Å². The van der Waals surface area contributed by atoms with Crippen molar-refractivity contribution < 1.29 is 9.53 Å². The highest BCUT2D eigenvalue weighted by Crippen LogP contribution is 2.28. The molecular formula is C21H20ClN3O2. The van der Waals surface area contributed by atoms with Crippen LogP contribution in [0.4, 0.5) is 5.69 Å². The third-order valence-electron chi connectivity index (χ3n) is 4.71. The average molecular weight is 382 g/mol. The number of carbonyl (C=O) groups is 1. The summed E-state index contributed by atoms with van der Waals surface area (Å²) in [7, 11) is 0. The summed E-state index contributed by atoms with van der Waals surface area (Å²) < 4.78 is 7.36. The molecule has 1 aliphatic heterocycles. The van der Waals surface area contributed by atoms with Gasteiger partial charge in [0.1, 0.15) is 5.75 Å². The zero-order chi connectivity index (χ0) is 18.8. The first-order chi connectivity index (χ1) is 13.1. The van der Waals surface area contributed by atoms with Crippen molar-refractivity contribution in [3.63, 3.8) is 0 Å². The molecule has 2 aromatic carbocycles. The number of fused-ring (bicyclic) bond motifs is 1. The first-order valence-electron chi connectivity index (χ1n) is 8.94. The number of aryl methyl sites for hydroxylation is 2. The van der Waals surface area contributed by atoms with Gasteiger partial charge in [-0.1, -0.05) is 29.8 Å². The van der Waals surface area contributed by atoms with Crippen LogP contribution in [0.15, 0.2) is 54.7 Å². The quantitative estimate of drug-likeness (QED) is 0.669. The second kappa shape index (κ2) is 7.45. The number of nitrogens with zero attached hydrogens (tertiary/aromatic N) is 3. The van der Waals surface area contributed by atoms with Gasteiger partial charge in [0.05, 0.1) is 0 Å². The second-order valence-corrected chi connectivity index (χ2v) is 7.02. The van der Waals surface area contributed by atoms with Gasteiger partial charge in [0.15, 0.2) is 12.4 Å². The predicted octanol–water partition coefficient (Wildman–Crippen LogP) is 4.47. The highest BCUT2D eigenvalue weighted by atomic mass is 35.5. The molecule has 3 aromatic rings. The lowest BCUT2D eigenvalue weighted by Crippen LogP contribution is -2.35. The summed E-state index contributed by atoms with van der Waals surface area (Å²) in [5.41, 5.74) is 3.56. The van der Waals surface area contributed by atoms with Crippen molar-refractivity contribution in [3.05, 3.63) is 76.6 Å². The van der Waals surface area contributed by atoms with Crippen molar-refractivity contribution in [1.82, 2.24) is 9.78 Å². The molecule has 0 radical (unpaired) electrons. The Bertz CT molecular complexity index is 983. The van der Waals surface area contributed by atoms with Gasteiger partial charge in [-0.3, -0.25) is 4.79 Å². The lowest BCUT2D eigenvalue weighted by atomic mass is 10.0. The van der Waals surface area contributed by atoms with E-state index in [0.717, 1.165) is 24.1 Å². The van der Waals surface area contributed by atoms with Crippen LogP contribution in [0.3, 0.4) is 0 Å². The molecule has 1 aromatic heterocycles. The molecule has 2 heterocycles. The lowest BCUT2D eigenvalue weighted by molar-refractivity contribution is 0.0978. The van der Waals surface area contributed by atoms with Crippen LogP contribution in [0.25, 0.3) is 0 Å². The van der Waals surface area contributed by atoms with Crippen LogP contribution in [-0.2, 0) is 13.2 Å². The maximum atomic E-state index is 12.9. The number of ether oxygens (including phenoxy) is 1. The van der Waals surface area contributed by atoms with Gasteiger partial charge in [-0.2, -0.15) is 5.10 Å². The number of para-hydroxylation sites is 1. The Hall–Kier alpha value is -2.79. The first-order valence-corrected chi connectivity index (χ1v) is 9.32. The van der Waals surface area contributed by atoms with E-state index >= 15 is 0 Å². The van der Waals surface area contributed by atoms with Crippen LogP contribution in [0.1, 0.15) is 28.0 Å². The molecule has 0 aliphatic carbocycles. The summed E-state index contributed by atoms with van der Waals surface area (Å²) in [5, 5.41) is 5.09. The Balaban J connectivity index is 1.46. The van der Waals surface area contributed by atoms with Gasteiger partial charge in [0.25, 0.3) is 5.91 Å². The van der Waals surface area contributed by atoms with Crippen molar-refractivity contribution in [3.8, 4) is 5.75 Å². The minimum absolute atomic E-state index is 0.0803. The molecule has 6 heteroatoms. The highest BCUT2D eigenvalue weighted by molar-refractivity contribution is 6.31. The van der Waals surface area contributed by atoms with Gasteiger partial charge in [-0.05, 0) is 61.2 Å². The molecule has 5 nitrogen and oxygen atoms in total. The molecule has 0 saturated heterocycles. The number of carbonyl (C=O) groups excluding carboxylic acids is 1. The summed E-state index contributed by atoms with van der Waals surface area (Å²) in [6, 6.07) is 15.3. The zero-order valence-electron chi connectivity index (χ0n) is 15.1. The summed E-state index contributed by atoms with van der Waals surface area (Å²) in [4.78, 5) is 14.7. The number of amides is 1. The summed E-state index contributed by atoms with van der Waals surface area (Å²) >= 11 is 6.03. The Labute approximate surface area is 163 Å². The minimum atomic E-state index is -0.0803. The monoisotopic (exact) mass is 381 g/mol. The van der Waals surface area contributed by atoms with Gasteiger partial charge in [-0.25, -0.2) is 4.68 Å². The first kappa shape index (κ1) is 17.6. The van der Waals surface area contributed by atoms with Crippen LogP contribution in [0.5, 0.6) is 5.75 Å². The van der Waals surface area contributed by atoms with Crippen LogP contribution in [0, 0.1) is 6.92 Å². The van der Waals surface area contributed by atoms with E-state index in [9.17, 15) is 4.79 Å². The van der Waals surface area contributed by atoms with E-state index in [-0.39, 0.29) is 12.6 Å². The molecule has 0 saturated carbocycles. The Kier molecular flexibility index (Phi) is 4.86. The van der Waals surface area contributed by atoms with Gasteiger partial charge in [0, 0.05) is 23.5 Å². The van der Waals surface area contributed by atoms with Crippen molar-refractivity contribution in [2.45, 2.75) is 26.5 Å². The number of benzene rings is 2. The summed E-state index contributed by atoms with van der Waals surface area (Å²) in [5.74, 6) is 0.633. The lowest BCUT2D eigenvalue weighted by Gasteiger charge is -2.28. The fourth-order valence-corrected chi connectivity index (χ4v) is 3.40. The summed E-state index contributed by atoms with van der Waals surface area (Å²) in [6.07, 6.45) is 3.72. The van der Waals surface area contributed by atoms with E-state index in [1.807, 2.05) is 42.2 Å². The summed E-state index contributed by atoms with van der Waals surface area (Å²) in [6.45, 7) is 2.87. The molecule has 0 bridgehead atoms. The number of anilines is 1. The molecule has 0 N–H and O–H groups in total. The van der Waals surface area contributed by atoms with E-state index in [1.54, 1.807) is 23.0 Å². The smallest absolute Gasteiger partial charge is 0.278 e. The molecule has 0 fully saturated rings. The molecule has 1 amide bonds. The molecule has 1 aliphatic rings. The third kappa shape index (κ3) is 3.69. The Morgan fingerprint density at radius 3 is 2.93 bits per heavy atom. The minimum Gasteiger partial charge on any atom is -0.471 e. The van der Waals surface area contributed by atoms with Crippen molar-refractivity contribution in [1.29, 1.82) is 0 Å². The van der Waals surface area contributed by atoms with Gasteiger partial charge in [-0.15, -0.1) is 0 Å². The predicted molar refractivity (Wildman–Crippen MR) is 105 cm³/mol. The number of aromatic nitrogens is 2. The Morgan fingerprint density at radius 1 is 1.22 bits per heavy atom. The zero-order valence-corrected chi connectivity index (χ0v) is 15.8. The van der Waals surface area contributed by atoms with Crippen molar-refractivity contribution in [2.75, 3.05) is 11.4 Å². The average Bonchev–Trinajstić information content (AvgIpc) is 3.17. The molecule has 27 heavy (non-hydrogen) atoms. The van der Waals surface area contributed by atoms with E-state index in [4.69, 9.17) is 16.3 Å². The van der Waals surface area contributed by atoms with Crippen LogP contribution < -0.4 is 9.64 Å². The molecule has 0 unspecified atom stereocenters. The molecule has 0 atom stereocenters. The van der Waals surface area contributed by atoms with Gasteiger partial charge in [0.2, 0.25) is 0 Å². The molecule has 4 rings (SSSR count). The van der Waals surface area contributed by atoms with Crippen molar-refractivity contribution >= 4 is 23.2 Å². The maximum absolute atomic E-state index is 12.9. The van der Waals surface area contributed by atoms with Gasteiger partial charge >= 0.3 is 0 Å². The van der Waals surface area contributed by atoms with Gasteiger partial charge < -0.3 is 9.64 Å². The highest BCUT2D eigenvalue weighted by Gasteiger charge is 2.24. The SMILES string of the molecule is Cc1cc(OCn2ccc(C(=O)N3CCCc4ccccc43)n2)ccc1Cl. The van der Waals surface area contributed by atoms with E-state index in [1.165, 1.54) is 5.56 Å². The van der Waals surface area contributed by atoms with E-state index in [0.29, 0.717) is 23.0 Å². The van der Waals surface area contributed by atoms with E-state index < -0.39 is 0 Å². The second-order valence-electron chi connectivity index (χ2n) is 6.61. The third-order valence-corrected chi connectivity index (χ3v) is 5.13. The van der Waals surface area contributed by atoms with Crippen molar-refractivity contribution in [2.24, 2.45) is 0 Å². The fourth-order valence-electron chi connectivity index (χ4n) is 3.28. The standard InChI is InChI=1S/C21H20ClN3O2/c1-15-13-17(8-9-18(15)22)27-14-24-12-10-19(23-24)21(26)25-11-4-6-16-5-2-3-7-20(16)25/h2-3,5,7-10,12-13H,4,6,11,14H2,1H3.